The number of benzene rings is 1. The van der Waals surface area contributed by atoms with E-state index in [2.05, 4.69) is 5.32 Å². The van der Waals surface area contributed by atoms with Crippen molar-refractivity contribution in [2.24, 2.45) is 5.92 Å². The van der Waals surface area contributed by atoms with Crippen LogP contribution in [-0.4, -0.2) is 35.4 Å². The maximum Gasteiger partial charge on any atom is 0.330 e. The molecule has 1 heterocycles. The normalized spacial score (nSPS) is 18.4. The number of hydrogen-bond acceptors (Lipinski definition) is 6. The summed E-state index contributed by atoms with van der Waals surface area (Å²) in [5.41, 5.74) is 0.977. The highest BCUT2D eigenvalue weighted by Crippen LogP contribution is 2.18. The molecule has 1 unspecified atom stereocenters. The molecule has 23 heavy (non-hydrogen) atoms. The maximum atomic E-state index is 12.3. The van der Waals surface area contributed by atoms with E-state index < -0.39 is 23.9 Å². The summed E-state index contributed by atoms with van der Waals surface area (Å²) in [5, 5.41) is 2.96. The summed E-state index contributed by atoms with van der Waals surface area (Å²) in [6.45, 7) is 2.23. The predicted molar refractivity (Wildman–Crippen MR) is 88.9 cm³/mol. The van der Waals surface area contributed by atoms with Gasteiger partial charge in [0.1, 0.15) is 6.04 Å². The Hall–Kier alpha value is -1.66. The lowest BCUT2D eigenvalue weighted by Crippen LogP contribution is -2.36. The minimum atomic E-state index is -0.554. The number of nitrogens with one attached hydrogen (secondary N) is 1. The van der Waals surface area contributed by atoms with Gasteiger partial charge in [-0.3, -0.25) is 9.59 Å². The van der Waals surface area contributed by atoms with Crippen molar-refractivity contribution in [1.82, 2.24) is 5.32 Å². The van der Waals surface area contributed by atoms with Crippen LogP contribution in [0.15, 0.2) is 30.3 Å². The summed E-state index contributed by atoms with van der Waals surface area (Å²) >= 11 is 1.08. The van der Waals surface area contributed by atoms with Gasteiger partial charge in [0.15, 0.2) is 5.12 Å². The molecular weight excluding hydrogens is 314 g/mol. The number of rotatable bonds is 6. The first-order chi connectivity index (χ1) is 11.1. The van der Waals surface area contributed by atoms with Crippen LogP contribution in [0.5, 0.6) is 0 Å². The van der Waals surface area contributed by atoms with E-state index in [4.69, 9.17) is 4.74 Å². The SMILES string of the molecule is CC(=O)SCC(Cc1ccccc1)C(=O)OC(=O)[C@@H]1CCCN1. The van der Waals surface area contributed by atoms with Crippen molar-refractivity contribution in [3.05, 3.63) is 35.9 Å². The zero-order chi connectivity index (χ0) is 16.7. The molecule has 0 radical (unpaired) electrons. The molecule has 0 saturated carbocycles. The molecule has 5 nitrogen and oxygen atoms in total. The molecule has 1 saturated heterocycles. The number of thioether (sulfide) groups is 1. The Bertz CT molecular complexity index is 555. The van der Waals surface area contributed by atoms with Crippen LogP contribution in [-0.2, 0) is 25.5 Å². The van der Waals surface area contributed by atoms with Crippen molar-refractivity contribution >= 4 is 28.8 Å². The van der Waals surface area contributed by atoms with E-state index in [1.807, 2.05) is 30.3 Å². The molecular formula is C17H21NO4S. The Morgan fingerprint density at radius 1 is 1.30 bits per heavy atom. The van der Waals surface area contributed by atoms with E-state index in [9.17, 15) is 14.4 Å². The molecule has 1 aliphatic heterocycles. The first kappa shape index (κ1) is 17.7. The Morgan fingerprint density at radius 2 is 2.04 bits per heavy atom. The molecule has 1 aromatic rings. The minimum Gasteiger partial charge on any atom is -0.392 e. The van der Waals surface area contributed by atoms with Gasteiger partial charge in [0.25, 0.3) is 0 Å². The monoisotopic (exact) mass is 335 g/mol. The molecule has 1 N–H and O–H groups in total. The molecule has 1 aromatic carbocycles. The first-order valence-corrected chi connectivity index (χ1v) is 8.71. The first-order valence-electron chi connectivity index (χ1n) is 7.72. The number of ether oxygens (including phenoxy) is 1. The van der Waals surface area contributed by atoms with Crippen LogP contribution in [0, 0.1) is 5.92 Å². The zero-order valence-corrected chi connectivity index (χ0v) is 13.9. The van der Waals surface area contributed by atoms with Crippen LogP contribution in [0.4, 0.5) is 0 Å². The third kappa shape index (κ3) is 5.80. The van der Waals surface area contributed by atoms with E-state index in [1.165, 1.54) is 6.92 Å². The fourth-order valence-corrected chi connectivity index (χ4v) is 3.16. The quantitative estimate of drug-likeness (QED) is 0.633. The predicted octanol–water partition coefficient (Wildman–Crippen LogP) is 1.95. The van der Waals surface area contributed by atoms with E-state index in [0.29, 0.717) is 18.6 Å². The van der Waals surface area contributed by atoms with E-state index in [1.54, 1.807) is 0 Å². The lowest BCUT2D eigenvalue weighted by molar-refractivity contribution is -0.163. The van der Waals surface area contributed by atoms with Crippen LogP contribution in [0.3, 0.4) is 0 Å². The second kappa shape index (κ2) is 8.84. The van der Waals surface area contributed by atoms with Crippen LogP contribution in [0.25, 0.3) is 0 Å². The second-order valence-electron chi connectivity index (χ2n) is 5.58. The van der Waals surface area contributed by atoms with Crippen molar-refractivity contribution < 1.29 is 19.1 Å². The van der Waals surface area contributed by atoms with Gasteiger partial charge in [-0.25, -0.2) is 4.79 Å². The van der Waals surface area contributed by atoms with Crippen molar-refractivity contribution in [3.63, 3.8) is 0 Å². The number of esters is 2. The molecule has 0 amide bonds. The van der Waals surface area contributed by atoms with Crippen molar-refractivity contribution in [1.29, 1.82) is 0 Å². The van der Waals surface area contributed by atoms with Crippen molar-refractivity contribution in [2.45, 2.75) is 32.2 Å². The topological polar surface area (TPSA) is 72.5 Å². The maximum absolute atomic E-state index is 12.3. The Labute approximate surface area is 140 Å². The third-order valence-electron chi connectivity index (χ3n) is 3.69. The molecule has 0 spiro atoms. The number of carbonyl (C=O) groups excluding carboxylic acids is 3. The molecule has 124 valence electrons. The summed E-state index contributed by atoms with van der Waals surface area (Å²) in [4.78, 5) is 35.5. The average Bonchev–Trinajstić information content (AvgIpc) is 3.06. The van der Waals surface area contributed by atoms with Gasteiger partial charge < -0.3 is 10.1 Å². The summed E-state index contributed by atoms with van der Waals surface area (Å²) in [5.74, 6) is -1.27. The van der Waals surface area contributed by atoms with Gasteiger partial charge in [-0.1, -0.05) is 42.1 Å². The number of carbonyl (C=O) groups is 3. The lowest BCUT2D eigenvalue weighted by atomic mass is 10.0. The highest BCUT2D eigenvalue weighted by molar-refractivity contribution is 8.13. The fraction of sp³-hybridized carbons (Fsp3) is 0.471. The van der Waals surface area contributed by atoms with Gasteiger partial charge in [-0.05, 0) is 31.4 Å². The van der Waals surface area contributed by atoms with E-state index >= 15 is 0 Å². The summed E-state index contributed by atoms with van der Waals surface area (Å²) < 4.78 is 5.04. The van der Waals surface area contributed by atoms with E-state index in [-0.39, 0.29) is 5.12 Å². The number of hydrogen-bond donors (Lipinski definition) is 1. The Kier molecular flexibility index (Phi) is 6.80. The van der Waals surface area contributed by atoms with Gasteiger partial charge in [0, 0.05) is 12.7 Å². The smallest absolute Gasteiger partial charge is 0.330 e. The van der Waals surface area contributed by atoms with Gasteiger partial charge in [0.05, 0.1) is 5.92 Å². The summed E-state index contributed by atoms with van der Waals surface area (Å²) in [6, 6.07) is 9.12. The Morgan fingerprint density at radius 3 is 2.65 bits per heavy atom. The van der Waals surface area contributed by atoms with Crippen LogP contribution in [0.1, 0.15) is 25.3 Å². The van der Waals surface area contributed by atoms with Gasteiger partial charge in [0.2, 0.25) is 0 Å². The van der Waals surface area contributed by atoms with Gasteiger partial charge >= 0.3 is 11.9 Å². The zero-order valence-electron chi connectivity index (χ0n) is 13.1. The standard InChI is InChI=1S/C17H21NO4S/c1-12(19)23-11-14(10-13-6-3-2-4-7-13)16(20)22-17(21)15-8-5-9-18-15/h2-4,6-7,14-15,18H,5,8-11H2,1H3/t14?,15-/m0/s1. The minimum absolute atomic E-state index is 0.0559. The molecule has 2 atom stereocenters. The summed E-state index contributed by atoms with van der Waals surface area (Å²) in [7, 11) is 0. The highest BCUT2D eigenvalue weighted by atomic mass is 32.2. The molecule has 6 heteroatoms. The van der Waals surface area contributed by atoms with Gasteiger partial charge in [-0.2, -0.15) is 0 Å². The lowest BCUT2D eigenvalue weighted by Gasteiger charge is -2.16. The Balaban J connectivity index is 1.97. The molecule has 0 aromatic heterocycles. The largest absolute Gasteiger partial charge is 0.392 e. The molecule has 1 aliphatic rings. The van der Waals surface area contributed by atoms with Crippen LogP contribution in [0.2, 0.25) is 0 Å². The van der Waals surface area contributed by atoms with Crippen molar-refractivity contribution in [3.8, 4) is 0 Å². The van der Waals surface area contributed by atoms with Crippen molar-refractivity contribution in [2.75, 3.05) is 12.3 Å². The third-order valence-corrected chi connectivity index (χ3v) is 4.67. The molecule has 2 rings (SSSR count). The molecule has 0 aliphatic carbocycles. The average molecular weight is 335 g/mol. The highest BCUT2D eigenvalue weighted by Gasteiger charge is 2.29. The van der Waals surface area contributed by atoms with Gasteiger partial charge in [-0.15, -0.1) is 0 Å². The summed E-state index contributed by atoms with van der Waals surface area (Å²) in [6.07, 6.45) is 2.05. The van der Waals surface area contributed by atoms with Crippen LogP contribution < -0.4 is 5.32 Å². The fourth-order valence-electron chi connectivity index (χ4n) is 2.47. The van der Waals surface area contributed by atoms with E-state index in [0.717, 1.165) is 30.3 Å². The van der Waals surface area contributed by atoms with Crippen LogP contribution >= 0.6 is 11.8 Å². The molecule has 1 fully saturated rings. The second-order valence-corrected chi connectivity index (χ2v) is 6.78. The molecule has 0 bridgehead atoms.